The Kier molecular flexibility index (Phi) is 3.03. The molecule has 0 bridgehead atoms. The van der Waals surface area contributed by atoms with Gasteiger partial charge in [-0.1, -0.05) is 0 Å². The lowest BCUT2D eigenvalue weighted by Crippen LogP contribution is -2.45. The summed E-state index contributed by atoms with van der Waals surface area (Å²) in [6.45, 7) is 2.29. The number of ether oxygens (including phenoxy) is 1. The molecule has 2 N–H and O–H groups in total. The highest BCUT2D eigenvalue weighted by molar-refractivity contribution is 5.79. The summed E-state index contributed by atoms with van der Waals surface area (Å²) >= 11 is 0. The lowest BCUT2D eigenvalue weighted by Gasteiger charge is -2.28. The summed E-state index contributed by atoms with van der Waals surface area (Å²) in [7, 11) is 0. The van der Waals surface area contributed by atoms with Crippen LogP contribution in [0.15, 0.2) is 0 Å². The van der Waals surface area contributed by atoms with E-state index in [0.29, 0.717) is 0 Å². The van der Waals surface area contributed by atoms with Crippen LogP contribution in [0, 0.1) is 5.92 Å². The van der Waals surface area contributed by atoms with Crippen LogP contribution in [-0.2, 0) is 9.53 Å². The fourth-order valence-corrected chi connectivity index (χ4v) is 2.25. The smallest absolute Gasteiger partial charge is 0.227 e. The first-order valence-electron chi connectivity index (χ1n) is 5.43. The molecule has 80 valence electrons. The van der Waals surface area contributed by atoms with Gasteiger partial charge in [0, 0.05) is 25.7 Å². The van der Waals surface area contributed by atoms with Gasteiger partial charge in [-0.15, -0.1) is 0 Å². The zero-order valence-electron chi connectivity index (χ0n) is 8.45. The van der Waals surface area contributed by atoms with Gasteiger partial charge >= 0.3 is 0 Å². The van der Waals surface area contributed by atoms with Gasteiger partial charge in [-0.3, -0.25) is 4.79 Å². The van der Waals surface area contributed by atoms with Gasteiger partial charge in [0.2, 0.25) is 5.91 Å². The molecule has 2 heterocycles. The second-order valence-electron chi connectivity index (χ2n) is 4.13. The van der Waals surface area contributed by atoms with Crippen LogP contribution in [0.3, 0.4) is 0 Å². The Morgan fingerprint density at radius 1 is 1.29 bits per heavy atom. The molecule has 0 radical (unpaired) electrons. The first-order chi connectivity index (χ1) is 6.79. The molecule has 0 spiro atoms. The Hall–Kier alpha value is -0.610. The van der Waals surface area contributed by atoms with Gasteiger partial charge in [-0.25, -0.2) is 0 Å². The van der Waals surface area contributed by atoms with E-state index in [0.717, 1.165) is 45.4 Å². The molecule has 0 aromatic rings. The minimum absolute atomic E-state index is 0.0367. The van der Waals surface area contributed by atoms with E-state index in [4.69, 9.17) is 10.5 Å². The van der Waals surface area contributed by atoms with Crippen LogP contribution in [0.5, 0.6) is 0 Å². The average molecular weight is 198 g/mol. The number of hydrogen-bond donors (Lipinski definition) is 1. The largest absolute Gasteiger partial charge is 0.381 e. The van der Waals surface area contributed by atoms with Crippen molar-refractivity contribution in [1.82, 2.24) is 4.90 Å². The van der Waals surface area contributed by atoms with Crippen molar-refractivity contribution >= 4 is 5.91 Å². The summed E-state index contributed by atoms with van der Waals surface area (Å²) in [5.41, 5.74) is 5.86. The third-order valence-electron chi connectivity index (χ3n) is 3.15. The zero-order chi connectivity index (χ0) is 9.97. The first kappa shape index (κ1) is 9.93. The molecule has 4 heteroatoms. The Labute approximate surface area is 84.4 Å². The van der Waals surface area contributed by atoms with E-state index in [1.807, 2.05) is 4.90 Å². The molecule has 14 heavy (non-hydrogen) atoms. The molecule has 2 aliphatic heterocycles. The normalized spacial score (nSPS) is 29.5. The summed E-state index contributed by atoms with van der Waals surface area (Å²) < 4.78 is 5.24. The Morgan fingerprint density at radius 2 is 2.00 bits per heavy atom. The molecular weight excluding hydrogens is 180 g/mol. The number of nitrogens with two attached hydrogens (primary N) is 1. The topological polar surface area (TPSA) is 55.6 Å². The van der Waals surface area contributed by atoms with Gasteiger partial charge in [-0.2, -0.15) is 0 Å². The quantitative estimate of drug-likeness (QED) is 0.660. The van der Waals surface area contributed by atoms with Gasteiger partial charge in [0.05, 0.1) is 6.17 Å². The van der Waals surface area contributed by atoms with Crippen molar-refractivity contribution in [3.8, 4) is 0 Å². The highest BCUT2D eigenvalue weighted by Gasteiger charge is 2.31. The summed E-state index contributed by atoms with van der Waals surface area (Å²) in [6.07, 6.45) is 3.69. The van der Waals surface area contributed by atoms with Gasteiger partial charge in [0.15, 0.2) is 0 Å². The van der Waals surface area contributed by atoms with Gasteiger partial charge in [0.1, 0.15) is 0 Å². The molecule has 0 saturated carbocycles. The fourth-order valence-electron chi connectivity index (χ4n) is 2.25. The molecule has 2 aliphatic rings. The molecule has 0 aromatic heterocycles. The van der Waals surface area contributed by atoms with E-state index in [1.54, 1.807) is 0 Å². The van der Waals surface area contributed by atoms with Crippen LogP contribution < -0.4 is 5.73 Å². The number of amides is 1. The van der Waals surface area contributed by atoms with Crippen LogP contribution in [0.1, 0.15) is 25.7 Å². The first-order valence-corrected chi connectivity index (χ1v) is 5.43. The summed E-state index contributed by atoms with van der Waals surface area (Å²) in [4.78, 5) is 13.8. The molecule has 2 fully saturated rings. The minimum atomic E-state index is -0.0367. The van der Waals surface area contributed by atoms with Gasteiger partial charge in [0.25, 0.3) is 0 Å². The highest BCUT2D eigenvalue weighted by atomic mass is 16.5. The van der Waals surface area contributed by atoms with Crippen LogP contribution in [0.25, 0.3) is 0 Å². The lowest BCUT2D eigenvalue weighted by atomic mass is 9.99. The van der Waals surface area contributed by atoms with Crippen molar-refractivity contribution in [1.29, 1.82) is 0 Å². The molecule has 0 aromatic carbocycles. The monoisotopic (exact) mass is 198 g/mol. The summed E-state index contributed by atoms with van der Waals surface area (Å²) in [5.74, 6) is 0.409. The maximum Gasteiger partial charge on any atom is 0.227 e. The van der Waals surface area contributed by atoms with E-state index in [2.05, 4.69) is 0 Å². The van der Waals surface area contributed by atoms with Crippen molar-refractivity contribution in [2.75, 3.05) is 19.8 Å². The van der Waals surface area contributed by atoms with Gasteiger partial charge in [-0.05, 0) is 25.7 Å². The summed E-state index contributed by atoms with van der Waals surface area (Å²) in [6, 6.07) is 0. The standard InChI is InChI=1S/C10H18N2O2/c11-9-2-1-5-12(9)10(13)8-3-6-14-7-4-8/h8-9H,1-7,11H2. The van der Waals surface area contributed by atoms with Crippen LogP contribution >= 0.6 is 0 Å². The third-order valence-corrected chi connectivity index (χ3v) is 3.15. The van der Waals surface area contributed by atoms with Crippen molar-refractivity contribution < 1.29 is 9.53 Å². The Balaban J connectivity index is 1.92. The number of likely N-dealkylation sites (tertiary alicyclic amines) is 1. The van der Waals surface area contributed by atoms with E-state index >= 15 is 0 Å². The zero-order valence-corrected chi connectivity index (χ0v) is 8.45. The average Bonchev–Trinajstić information content (AvgIpc) is 2.65. The number of hydrogen-bond acceptors (Lipinski definition) is 3. The maximum atomic E-state index is 12.0. The number of carbonyl (C=O) groups is 1. The van der Waals surface area contributed by atoms with E-state index in [-0.39, 0.29) is 18.0 Å². The highest BCUT2D eigenvalue weighted by Crippen LogP contribution is 2.22. The fraction of sp³-hybridized carbons (Fsp3) is 0.900. The second-order valence-corrected chi connectivity index (χ2v) is 4.13. The number of rotatable bonds is 1. The Morgan fingerprint density at radius 3 is 2.57 bits per heavy atom. The molecule has 2 rings (SSSR count). The van der Waals surface area contributed by atoms with Crippen molar-refractivity contribution in [2.45, 2.75) is 31.8 Å². The number of nitrogens with zero attached hydrogens (tertiary/aromatic N) is 1. The van der Waals surface area contributed by atoms with Crippen LogP contribution in [-0.4, -0.2) is 36.7 Å². The van der Waals surface area contributed by atoms with Gasteiger partial charge < -0.3 is 15.4 Å². The predicted octanol–water partition coefficient (Wildman–Crippen LogP) is 0.320. The van der Waals surface area contributed by atoms with E-state index in [9.17, 15) is 4.79 Å². The molecule has 1 unspecified atom stereocenters. The van der Waals surface area contributed by atoms with Crippen LogP contribution in [0.2, 0.25) is 0 Å². The van der Waals surface area contributed by atoms with Crippen LogP contribution in [0.4, 0.5) is 0 Å². The second kappa shape index (κ2) is 4.28. The molecule has 1 atom stereocenters. The van der Waals surface area contributed by atoms with Crippen molar-refractivity contribution in [2.24, 2.45) is 11.7 Å². The number of carbonyl (C=O) groups excluding carboxylic acids is 1. The van der Waals surface area contributed by atoms with E-state index in [1.165, 1.54) is 0 Å². The summed E-state index contributed by atoms with van der Waals surface area (Å²) in [5, 5.41) is 0. The molecular formula is C10H18N2O2. The molecule has 2 saturated heterocycles. The van der Waals surface area contributed by atoms with Crippen molar-refractivity contribution in [3.63, 3.8) is 0 Å². The molecule has 1 amide bonds. The molecule has 4 nitrogen and oxygen atoms in total. The van der Waals surface area contributed by atoms with E-state index < -0.39 is 0 Å². The predicted molar refractivity (Wildman–Crippen MR) is 52.5 cm³/mol. The van der Waals surface area contributed by atoms with Crippen molar-refractivity contribution in [3.05, 3.63) is 0 Å². The molecule has 0 aliphatic carbocycles. The maximum absolute atomic E-state index is 12.0. The Bertz CT molecular complexity index is 214. The SMILES string of the molecule is NC1CCCN1C(=O)C1CCOCC1. The minimum Gasteiger partial charge on any atom is -0.381 e. The third kappa shape index (κ3) is 1.91. The lowest BCUT2D eigenvalue weighted by molar-refractivity contribution is -0.139.